The number of unbranched alkanes of at least 4 members (excludes halogenated alkanes) is 1. The van der Waals surface area contributed by atoms with Crippen molar-refractivity contribution in [2.45, 2.75) is 25.7 Å². The van der Waals surface area contributed by atoms with E-state index in [1.54, 1.807) is 6.07 Å². The van der Waals surface area contributed by atoms with Gasteiger partial charge in [-0.15, -0.1) is 0 Å². The molecule has 0 amide bonds. The number of rotatable bonds is 8. The highest BCUT2D eigenvalue weighted by molar-refractivity contribution is 5.90. The van der Waals surface area contributed by atoms with Gasteiger partial charge in [0.15, 0.2) is 11.5 Å². The van der Waals surface area contributed by atoms with Crippen molar-refractivity contribution in [3.8, 4) is 11.5 Å². The Morgan fingerprint density at radius 2 is 1.95 bits per heavy atom. The average molecular weight is 294 g/mol. The smallest absolute Gasteiger partial charge is 0.337 e. The molecule has 0 bridgehead atoms. The van der Waals surface area contributed by atoms with E-state index in [1.807, 2.05) is 12.2 Å². The van der Waals surface area contributed by atoms with Crippen LogP contribution in [0.5, 0.6) is 11.5 Å². The fraction of sp³-hybridized carbons (Fsp3) is 0.438. The van der Waals surface area contributed by atoms with Crippen LogP contribution in [0.3, 0.4) is 0 Å². The Morgan fingerprint density at radius 3 is 2.57 bits per heavy atom. The summed E-state index contributed by atoms with van der Waals surface area (Å²) in [6.07, 6.45) is 6.85. The largest absolute Gasteiger partial charge is 0.504 e. The quantitative estimate of drug-likeness (QED) is 0.437. The van der Waals surface area contributed by atoms with E-state index in [0.29, 0.717) is 24.0 Å². The summed E-state index contributed by atoms with van der Waals surface area (Å²) in [4.78, 5) is 11.6. The van der Waals surface area contributed by atoms with Crippen LogP contribution in [-0.2, 0) is 11.2 Å². The standard InChI is InChI=1S/C16H22O5/c1-20-14-11-13(16(19)21-2)10-12(15(14)18)8-6-4-3-5-7-9-17/h3,5,10-11,17-18H,4,6-9H2,1-2H3/b5-3-. The molecule has 21 heavy (non-hydrogen) atoms. The number of carbonyl (C=O) groups is 1. The first kappa shape index (κ1) is 17.0. The maximum atomic E-state index is 11.6. The topological polar surface area (TPSA) is 76.0 Å². The van der Waals surface area contributed by atoms with Gasteiger partial charge in [0.1, 0.15) is 0 Å². The third-order valence-electron chi connectivity index (χ3n) is 3.07. The fourth-order valence-corrected chi connectivity index (χ4v) is 1.97. The van der Waals surface area contributed by atoms with Crippen molar-refractivity contribution in [3.05, 3.63) is 35.4 Å². The Labute approximate surface area is 124 Å². The second-order valence-corrected chi connectivity index (χ2v) is 4.55. The number of carbonyl (C=O) groups excluding carboxylic acids is 1. The van der Waals surface area contributed by atoms with E-state index >= 15 is 0 Å². The minimum atomic E-state index is -0.461. The van der Waals surface area contributed by atoms with Crippen LogP contribution in [0.2, 0.25) is 0 Å². The molecular formula is C16H22O5. The average Bonchev–Trinajstić information content (AvgIpc) is 2.51. The number of aliphatic hydroxyl groups excluding tert-OH is 1. The molecule has 0 saturated carbocycles. The lowest BCUT2D eigenvalue weighted by atomic mass is 10.0. The molecule has 0 heterocycles. The lowest BCUT2D eigenvalue weighted by molar-refractivity contribution is 0.0600. The van der Waals surface area contributed by atoms with Crippen LogP contribution in [-0.4, -0.2) is 37.0 Å². The Kier molecular flexibility index (Phi) is 7.32. The highest BCUT2D eigenvalue weighted by Gasteiger charge is 2.14. The minimum Gasteiger partial charge on any atom is -0.504 e. The minimum absolute atomic E-state index is 0.0597. The van der Waals surface area contributed by atoms with Crippen molar-refractivity contribution >= 4 is 5.97 Å². The van der Waals surface area contributed by atoms with E-state index in [2.05, 4.69) is 4.74 Å². The molecule has 0 aliphatic carbocycles. The molecule has 5 nitrogen and oxygen atoms in total. The number of allylic oxidation sites excluding steroid dienone is 1. The van der Waals surface area contributed by atoms with Crippen LogP contribution in [0.4, 0.5) is 0 Å². The monoisotopic (exact) mass is 294 g/mol. The summed E-state index contributed by atoms with van der Waals surface area (Å²) in [7, 11) is 2.75. The number of aryl methyl sites for hydroxylation is 1. The lowest BCUT2D eigenvalue weighted by Crippen LogP contribution is -2.03. The summed E-state index contributed by atoms with van der Waals surface area (Å²) in [5.41, 5.74) is 1.02. The molecule has 0 fully saturated rings. The Morgan fingerprint density at radius 1 is 1.24 bits per heavy atom. The Balaban J connectivity index is 2.78. The molecule has 0 unspecified atom stereocenters. The Bertz CT molecular complexity index is 494. The van der Waals surface area contributed by atoms with Crippen molar-refractivity contribution in [3.63, 3.8) is 0 Å². The highest BCUT2D eigenvalue weighted by atomic mass is 16.5. The second-order valence-electron chi connectivity index (χ2n) is 4.55. The number of methoxy groups -OCH3 is 2. The van der Waals surface area contributed by atoms with Gasteiger partial charge < -0.3 is 19.7 Å². The van der Waals surface area contributed by atoms with Crippen LogP contribution >= 0.6 is 0 Å². The molecule has 5 heteroatoms. The number of hydrogen-bond donors (Lipinski definition) is 2. The maximum Gasteiger partial charge on any atom is 0.337 e. The molecule has 0 spiro atoms. The molecule has 116 valence electrons. The van der Waals surface area contributed by atoms with Crippen LogP contribution in [0, 0.1) is 0 Å². The number of aromatic hydroxyl groups is 1. The molecule has 0 saturated heterocycles. The van der Waals surface area contributed by atoms with Crippen molar-refractivity contribution in [2.75, 3.05) is 20.8 Å². The van der Waals surface area contributed by atoms with Gasteiger partial charge in [0, 0.05) is 6.61 Å². The third-order valence-corrected chi connectivity index (χ3v) is 3.07. The molecule has 1 rings (SSSR count). The number of esters is 1. The molecular weight excluding hydrogens is 272 g/mol. The van der Waals surface area contributed by atoms with Gasteiger partial charge in [0.2, 0.25) is 0 Å². The molecule has 1 aromatic rings. The number of phenolic OH excluding ortho intramolecular Hbond substituents is 1. The lowest BCUT2D eigenvalue weighted by Gasteiger charge is -2.11. The summed E-state index contributed by atoms with van der Waals surface area (Å²) < 4.78 is 9.77. The normalized spacial score (nSPS) is 10.8. The molecule has 0 aliphatic heterocycles. The van der Waals surface area contributed by atoms with Crippen molar-refractivity contribution in [2.24, 2.45) is 0 Å². The van der Waals surface area contributed by atoms with E-state index in [0.717, 1.165) is 12.8 Å². The number of aliphatic hydroxyl groups is 1. The van der Waals surface area contributed by atoms with Crippen LogP contribution in [0.15, 0.2) is 24.3 Å². The molecule has 0 radical (unpaired) electrons. The second kappa shape index (κ2) is 9.02. The van der Waals surface area contributed by atoms with Crippen LogP contribution in [0.25, 0.3) is 0 Å². The van der Waals surface area contributed by atoms with E-state index in [9.17, 15) is 9.90 Å². The number of hydrogen-bond acceptors (Lipinski definition) is 5. The van der Waals surface area contributed by atoms with Crippen molar-refractivity contribution in [1.82, 2.24) is 0 Å². The first-order valence-corrected chi connectivity index (χ1v) is 6.88. The van der Waals surface area contributed by atoms with Crippen LogP contribution < -0.4 is 4.74 Å². The highest BCUT2D eigenvalue weighted by Crippen LogP contribution is 2.32. The predicted octanol–water partition coefficient (Wildman–Crippen LogP) is 2.45. The van der Waals surface area contributed by atoms with Crippen molar-refractivity contribution in [1.29, 1.82) is 0 Å². The third kappa shape index (κ3) is 5.11. The van der Waals surface area contributed by atoms with E-state index in [1.165, 1.54) is 20.3 Å². The van der Waals surface area contributed by atoms with E-state index in [4.69, 9.17) is 9.84 Å². The van der Waals surface area contributed by atoms with Gasteiger partial charge in [-0.05, 0) is 43.4 Å². The Hall–Kier alpha value is -2.01. The van der Waals surface area contributed by atoms with Gasteiger partial charge in [-0.3, -0.25) is 0 Å². The van der Waals surface area contributed by atoms with Crippen molar-refractivity contribution < 1.29 is 24.5 Å². The van der Waals surface area contributed by atoms with Gasteiger partial charge in [0.25, 0.3) is 0 Å². The molecule has 2 N–H and O–H groups in total. The number of ether oxygens (including phenoxy) is 2. The number of benzene rings is 1. The number of phenols is 1. The summed E-state index contributed by atoms with van der Waals surface area (Å²) in [5, 5.41) is 18.7. The van der Waals surface area contributed by atoms with Crippen LogP contribution in [0.1, 0.15) is 35.2 Å². The SMILES string of the molecule is COC(=O)c1cc(CCC/C=C\CCO)c(O)c(OC)c1. The summed E-state index contributed by atoms with van der Waals surface area (Å²) >= 11 is 0. The van der Waals surface area contributed by atoms with Gasteiger partial charge in [-0.1, -0.05) is 12.2 Å². The first-order valence-electron chi connectivity index (χ1n) is 6.88. The summed E-state index contributed by atoms with van der Waals surface area (Å²) in [5.74, 6) is -0.134. The summed E-state index contributed by atoms with van der Waals surface area (Å²) in [6, 6.07) is 3.09. The molecule has 0 atom stereocenters. The van der Waals surface area contributed by atoms with E-state index < -0.39 is 5.97 Å². The van der Waals surface area contributed by atoms with E-state index in [-0.39, 0.29) is 18.1 Å². The molecule has 0 aliphatic rings. The maximum absolute atomic E-state index is 11.6. The van der Waals surface area contributed by atoms with Gasteiger partial charge in [-0.25, -0.2) is 4.79 Å². The van der Waals surface area contributed by atoms with Gasteiger partial charge >= 0.3 is 5.97 Å². The predicted molar refractivity (Wildman–Crippen MR) is 79.8 cm³/mol. The van der Waals surface area contributed by atoms with Gasteiger partial charge in [-0.2, -0.15) is 0 Å². The summed E-state index contributed by atoms with van der Waals surface area (Å²) in [6.45, 7) is 0.148. The molecule has 1 aromatic carbocycles. The zero-order chi connectivity index (χ0) is 15.7. The van der Waals surface area contributed by atoms with Gasteiger partial charge in [0.05, 0.1) is 19.8 Å². The molecule has 0 aromatic heterocycles. The zero-order valence-corrected chi connectivity index (χ0v) is 12.5. The fourth-order valence-electron chi connectivity index (χ4n) is 1.97. The first-order chi connectivity index (χ1) is 10.1. The zero-order valence-electron chi connectivity index (χ0n) is 12.5.